The van der Waals surface area contributed by atoms with Crippen molar-refractivity contribution in [3.05, 3.63) is 64.3 Å². The lowest BCUT2D eigenvalue weighted by molar-refractivity contribution is 0.0366. The molecule has 2 aliphatic heterocycles. The highest BCUT2D eigenvalue weighted by Crippen LogP contribution is 2.34. The SMILES string of the molecule is Cc1cc(NC(=O)N(CCCN2CCOCC2)CC2=CN(c3cscc3NC(=O)OC(C)(C)C)C([C]=O)C=C2)ccc1F. The number of morpholine rings is 1. The molecule has 0 spiro atoms. The maximum Gasteiger partial charge on any atom is 0.412 e. The van der Waals surface area contributed by atoms with E-state index in [0.717, 1.165) is 31.6 Å². The lowest BCUT2D eigenvalue weighted by Gasteiger charge is -2.31. The van der Waals surface area contributed by atoms with Crippen LogP contribution in [-0.2, 0) is 14.3 Å². The molecule has 0 bridgehead atoms. The summed E-state index contributed by atoms with van der Waals surface area (Å²) in [6, 6.07) is 3.43. The Hall–Kier alpha value is -3.74. The number of aryl methyl sites for hydroxylation is 1. The fourth-order valence-electron chi connectivity index (χ4n) is 4.72. The van der Waals surface area contributed by atoms with Gasteiger partial charge in [-0.25, -0.2) is 14.0 Å². The number of urea groups is 1. The topological polar surface area (TPSA) is 103 Å². The second-order valence-corrected chi connectivity index (χ2v) is 12.2. The molecule has 3 amide bonds. The molecular weight excluding hydrogens is 573 g/mol. The van der Waals surface area contributed by atoms with Crippen molar-refractivity contribution >= 4 is 46.8 Å². The van der Waals surface area contributed by atoms with Crippen LogP contribution >= 0.6 is 11.3 Å². The van der Waals surface area contributed by atoms with Crippen LogP contribution in [0.4, 0.5) is 31.0 Å². The molecule has 2 N–H and O–H groups in total. The zero-order valence-corrected chi connectivity index (χ0v) is 25.8. The van der Waals surface area contributed by atoms with Gasteiger partial charge >= 0.3 is 12.1 Å². The number of nitrogens with zero attached hydrogens (tertiary/aromatic N) is 3. The third-order valence-electron chi connectivity index (χ3n) is 6.85. The Labute approximate surface area is 256 Å². The van der Waals surface area contributed by atoms with Crippen molar-refractivity contribution < 1.29 is 28.2 Å². The number of rotatable bonds is 10. The quantitative estimate of drug-likeness (QED) is 0.363. The number of carbonyl (C=O) groups is 2. The molecule has 231 valence electrons. The molecule has 43 heavy (non-hydrogen) atoms. The fraction of sp³-hybridized carbons (Fsp3) is 0.452. The number of halogens is 1. The second kappa shape index (κ2) is 14.6. The molecule has 0 saturated carbocycles. The summed E-state index contributed by atoms with van der Waals surface area (Å²) >= 11 is 1.37. The Kier molecular flexibility index (Phi) is 10.9. The fourth-order valence-corrected chi connectivity index (χ4v) is 5.48. The Morgan fingerprint density at radius 1 is 1.21 bits per heavy atom. The highest BCUT2D eigenvalue weighted by Gasteiger charge is 2.26. The van der Waals surface area contributed by atoms with Gasteiger partial charge in [0.1, 0.15) is 17.5 Å². The van der Waals surface area contributed by atoms with E-state index in [1.807, 2.05) is 17.7 Å². The Bertz CT molecular complexity index is 1350. The van der Waals surface area contributed by atoms with Crippen LogP contribution < -0.4 is 15.5 Å². The van der Waals surface area contributed by atoms with E-state index in [2.05, 4.69) is 15.5 Å². The Morgan fingerprint density at radius 3 is 2.67 bits per heavy atom. The van der Waals surface area contributed by atoms with E-state index in [-0.39, 0.29) is 18.4 Å². The van der Waals surface area contributed by atoms with Crippen LogP contribution in [0.5, 0.6) is 0 Å². The smallest absolute Gasteiger partial charge is 0.412 e. The van der Waals surface area contributed by atoms with Crippen molar-refractivity contribution in [3.63, 3.8) is 0 Å². The van der Waals surface area contributed by atoms with Gasteiger partial charge in [-0.3, -0.25) is 15.0 Å². The minimum atomic E-state index is -0.719. The van der Waals surface area contributed by atoms with Gasteiger partial charge < -0.3 is 24.6 Å². The lowest BCUT2D eigenvalue weighted by atomic mass is 10.1. The van der Waals surface area contributed by atoms with Gasteiger partial charge in [0.25, 0.3) is 0 Å². The first-order chi connectivity index (χ1) is 20.5. The van der Waals surface area contributed by atoms with Crippen LogP contribution in [0.15, 0.2) is 52.9 Å². The Morgan fingerprint density at radius 2 is 1.98 bits per heavy atom. The summed E-state index contributed by atoms with van der Waals surface area (Å²) in [5.74, 6) is -0.339. The van der Waals surface area contributed by atoms with Gasteiger partial charge in [-0.1, -0.05) is 12.2 Å². The van der Waals surface area contributed by atoms with Crippen LogP contribution in [0.25, 0.3) is 0 Å². The third-order valence-corrected chi connectivity index (χ3v) is 7.58. The number of hydrogen-bond acceptors (Lipinski definition) is 8. The molecule has 10 nitrogen and oxygen atoms in total. The first kappa shape index (κ1) is 32.2. The van der Waals surface area contributed by atoms with Gasteiger partial charge in [-0.15, -0.1) is 11.3 Å². The van der Waals surface area contributed by atoms with Gasteiger partial charge in [0, 0.05) is 55.4 Å². The first-order valence-electron chi connectivity index (χ1n) is 14.3. The number of thiophene rings is 1. The monoisotopic (exact) mass is 612 g/mol. The highest BCUT2D eigenvalue weighted by atomic mass is 32.1. The second-order valence-electron chi connectivity index (χ2n) is 11.5. The zero-order valence-electron chi connectivity index (χ0n) is 25.0. The molecule has 12 heteroatoms. The van der Waals surface area contributed by atoms with E-state index >= 15 is 0 Å². The summed E-state index contributed by atoms with van der Waals surface area (Å²) < 4.78 is 24.7. The first-order valence-corrected chi connectivity index (χ1v) is 15.2. The average molecular weight is 613 g/mol. The summed E-state index contributed by atoms with van der Waals surface area (Å²) in [5, 5.41) is 9.26. The van der Waals surface area contributed by atoms with E-state index in [1.165, 1.54) is 23.5 Å². The van der Waals surface area contributed by atoms with Gasteiger partial charge in [0.2, 0.25) is 6.29 Å². The lowest BCUT2D eigenvalue weighted by Crippen LogP contribution is -2.41. The third kappa shape index (κ3) is 9.37. The van der Waals surface area contributed by atoms with E-state index in [4.69, 9.17) is 9.47 Å². The number of hydrogen-bond donors (Lipinski definition) is 2. The molecule has 0 aliphatic carbocycles. The van der Waals surface area contributed by atoms with Crippen molar-refractivity contribution in [1.82, 2.24) is 9.80 Å². The van der Waals surface area contributed by atoms with Crippen molar-refractivity contribution in [3.8, 4) is 0 Å². The number of benzene rings is 1. The summed E-state index contributed by atoms with van der Waals surface area (Å²) in [7, 11) is 0. The predicted octanol–water partition coefficient (Wildman–Crippen LogP) is 5.54. The van der Waals surface area contributed by atoms with E-state index < -0.39 is 17.7 Å². The summed E-state index contributed by atoms with van der Waals surface area (Å²) in [6.45, 7) is 11.6. The minimum Gasteiger partial charge on any atom is -0.444 e. The number of carbonyl (C=O) groups excluding carboxylic acids is 3. The van der Waals surface area contributed by atoms with Crippen molar-refractivity contribution in [2.24, 2.45) is 0 Å². The van der Waals surface area contributed by atoms with Crippen LogP contribution in [0.1, 0.15) is 32.8 Å². The van der Waals surface area contributed by atoms with Gasteiger partial charge in [-0.05, 0) is 63.5 Å². The predicted molar refractivity (Wildman–Crippen MR) is 167 cm³/mol. The van der Waals surface area contributed by atoms with Gasteiger partial charge in [0.15, 0.2) is 0 Å². The molecule has 1 radical (unpaired) electrons. The number of amides is 3. The maximum absolute atomic E-state index is 13.8. The van der Waals surface area contributed by atoms with Gasteiger partial charge in [-0.2, -0.15) is 0 Å². The average Bonchev–Trinajstić information content (AvgIpc) is 3.41. The molecule has 4 rings (SSSR count). The van der Waals surface area contributed by atoms with E-state index in [0.29, 0.717) is 42.4 Å². The molecular formula is C31H39FN5O5S. The molecule has 1 fully saturated rings. The molecule has 1 aromatic carbocycles. The minimum absolute atomic E-state index is 0.257. The molecule has 1 saturated heterocycles. The summed E-state index contributed by atoms with van der Waals surface area (Å²) in [5.41, 5.74) is 2.15. The number of anilines is 3. The van der Waals surface area contributed by atoms with Crippen LogP contribution in [0.3, 0.4) is 0 Å². The van der Waals surface area contributed by atoms with Gasteiger partial charge in [0.05, 0.1) is 24.6 Å². The van der Waals surface area contributed by atoms with Crippen molar-refractivity contribution in [2.75, 3.05) is 61.5 Å². The maximum atomic E-state index is 13.8. The molecule has 1 atom stereocenters. The van der Waals surface area contributed by atoms with Crippen molar-refractivity contribution in [2.45, 2.75) is 45.8 Å². The van der Waals surface area contributed by atoms with Crippen LogP contribution in [0, 0.1) is 12.7 Å². The molecule has 2 aromatic rings. The standard InChI is InChI=1S/C31H39FN5O5S/c1-22-16-24(7-9-26(22)32)33-29(39)36(11-5-10-35-12-14-41-15-13-35)17-23-6-8-25(19-38)37(18-23)28-21-43-20-27(28)34-30(40)42-31(2,3)4/h6-9,16,18,20-21,25H,5,10-15,17H2,1-4H3,(H,33,39)(H,34,40). The van der Waals surface area contributed by atoms with E-state index in [1.54, 1.807) is 61.2 Å². The van der Waals surface area contributed by atoms with Crippen LogP contribution in [-0.4, -0.2) is 85.8 Å². The number of ether oxygens (including phenoxy) is 2. The summed E-state index contributed by atoms with van der Waals surface area (Å²) in [6.07, 6.45) is 7.50. The molecule has 3 heterocycles. The van der Waals surface area contributed by atoms with Crippen LogP contribution in [0.2, 0.25) is 0 Å². The largest absolute Gasteiger partial charge is 0.444 e. The molecule has 1 aromatic heterocycles. The number of nitrogens with one attached hydrogen (secondary N) is 2. The van der Waals surface area contributed by atoms with E-state index in [9.17, 15) is 18.8 Å². The normalized spacial score (nSPS) is 17.3. The highest BCUT2D eigenvalue weighted by molar-refractivity contribution is 7.09. The van der Waals surface area contributed by atoms with Crippen molar-refractivity contribution in [1.29, 1.82) is 0 Å². The molecule has 1 unspecified atom stereocenters. The summed E-state index contributed by atoms with van der Waals surface area (Å²) in [4.78, 5) is 43.6. The molecule has 2 aliphatic rings. The Balaban J connectivity index is 1.52. The zero-order chi connectivity index (χ0) is 31.0.